The Labute approximate surface area is 189 Å². The number of amides is 2. The zero-order valence-electron chi connectivity index (χ0n) is 19.0. The Morgan fingerprint density at radius 2 is 1.45 bits per heavy atom. The zero-order chi connectivity index (χ0) is 24.7. The number of imide groups is 1. The average molecular weight is 457 g/mol. The number of fused-ring (bicyclic) bond motifs is 2. The van der Waals surface area contributed by atoms with Crippen molar-refractivity contribution in [2.45, 2.75) is 31.8 Å². The van der Waals surface area contributed by atoms with Gasteiger partial charge in [-0.2, -0.15) is 0 Å². The molecule has 1 aromatic rings. The number of carbonyl (C=O) groups is 5. The first-order valence-electron chi connectivity index (χ1n) is 9.84. The summed E-state index contributed by atoms with van der Waals surface area (Å²) >= 11 is 0. The summed E-state index contributed by atoms with van der Waals surface area (Å²) in [5.41, 5.74) is -4.10. The standard InChI is InChI=1S/C23H23NO9/c1-22(2,3)33-21(29)24-15-10-8-7-9-13(15)23(20(24)28)14(18(26)31-5)11-12(17(25)30-4)16(23)19(27)32-6/h7-11H,1-6H3/t23-/m1/s1. The van der Waals surface area contributed by atoms with Crippen LogP contribution in [0.1, 0.15) is 26.3 Å². The van der Waals surface area contributed by atoms with Crippen LogP contribution >= 0.6 is 0 Å². The van der Waals surface area contributed by atoms with E-state index in [1.54, 1.807) is 32.9 Å². The van der Waals surface area contributed by atoms with Crippen LogP contribution in [0.15, 0.2) is 47.1 Å². The lowest BCUT2D eigenvalue weighted by atomic mass is 9.71. The second kappa shape index (κ2) is 8.19. The first-order valence-corrected chi connectivity index (χ1v) is 9.84. The molecule has 10 nitrogen and oxygen atoms in total. The van der Waals surface area contributed by atoms with Crippen LogP contribution in [-0.4, -0.2) is 56.8 Å². The largest absolute Gasteiger partial charge is 0.466 e. The van der Waals surface area contributed by atoms with Crippen LogP contribution in [0.3, 0.4) is 0 Å². The summed E-state index contributed by atoms with van der Waals surface area (Å²) in [4.78, 5) is 66.2. The van der Waals surface area contributed by atoms with Crippen LogP contribution in [0.2, 0.25) is 0 Å². The lowest BCUT2D eigenvalue weighted by Crippen LogP contribution is -2.49. The summed E-state index contributed by atoms with van der Waals surface area (Å²) in [7, 11) is 3.23. The van der Waals surface area contributed by atoms with Crippen molar-refractivity contribution in [3.8, 4) is 0 Å². The Kier molecular flexibility index (Phi) is 5.89. The Hall–Kier alpha value is -3.95. The smallest absolute Gasteiger partial charge is 0.421 e. The van der Waals surface area contributed by atoms with E-state index in [-0.39, 0.29) is 22.4 Å². The fourth-order valence-corrected chi connectivity index (χ4v) is 3.99. The molecule has 1 aliphatic carbocycles. The molecule has 0 unspecified atom stereocenters. The fourth-order valence-electron chi connectivity index (χ4n) is 3.99. The van der Waals surface area contributed by atoms with Gasteiger partial charge in [0.1, 0.15) is 11.0 Å². The van der Waals surface area contributed by atoms with Gasteiger partial charge in [0, 0.05) is 5.56 Å². The van der Waals surface area contributed by atoms with Crippen molar-refractivity contribution in [2.24, 2.45) is 0 Å². The van der Waals surface area contributed by atoms with Gasteiger partial charge in [-0.1, -0.05) is 18.2 Å². The van der Waals surface area contributed by atoms with Crippen molar-refractivity contribution in [3.05, 3.63) is 52.6 Å². The molecule has 0 N–H and O–H groups in total. The molecule has 10 heteroatoms. The topological polar surface area (TPSA) is 126 Å². The van der Waals surface area contributed by atoms with Crippen LogP contribution in [-0.2, 0) is 43.5 Å². The first-order chi connectivity index (χ1) is 15.4. The van der Waals surface area contributed by atoms with Crippen LogP contribution in [0.25, 0.3) is 0 Å². The van der Waals surface area contributed by atoms with Crippen molar-refractivity contribution in [1.29, 1.82) is 0 Å². The van der Waals surface area contributed by atoms with E-state index in [1.807, 2.05) is 0 Å². The number of carbonyl (C=O) groups excluding carboxylic acids is 5. The molecule has 1 aliphatic heterocycles. The van der Waals surface area contributed by atoms with Gasteiger partial charge in [-0.3, -0.25) is 4.79 Å². The Balaban J connectivity index is 2.41. The molecule has 1 heterocycles. The monoisotopic (exact) mass is 457 g/mol. The van der Waals surface area contributed by atoms with Gasteiger partial charge in [0.15, 0.2) is 0 Å². The van der Waals surface area contributed by atoms with Gasteiger partial charge in [-0.05, 0) is 32.9 Å². The van der Waals surface area contributed by atoms with Gasteiger partial charge in [0.05, 0.1) is 43.7 Å². The van der Waals surface area contributed by atoms with Gasteiger partial charge in [0.2, 0.25) is 0 Å². The molecule has 0 aromatic heterocycles. The maximum absolute atomic E-state index is 14.0. The van der Waals surface area contributed by atoms with E-state index in [2.05, 4.69) is 0 Å². The highest BCUT2D eigenvalue weighted by molar-refractivity contribution is 6.31. The van der Waals surface area contributed by atoms with Crippen molar-refractivity contribution >= 4 is 35.6 Å². The van der Waals surface area contributed by atoms with Crippen molar-refractivity contribution < 1.29 is 42.9 Å². The van der Waals surface area contributed by atoms with E-state index in [9.17, 15) is 24.0 Å². The van der Waals surface area contributed by atoms with Gasteiger partial charge >= 0.3 is 24.0 Å². The van der Waals surface area contributed by atoms with Gasteiger partial charge < -0.3 is 18.9 Å². The molecule has 0 radical (unpaired) electrons. The third kappa shape index (κ3) is 3.47. The number of nitrogens with zero attached hydrogens (tertiary/aromatic N) is 1. The van der Waals surface area contributed by atoms with Gasteiger partial charge in [0.25, 0.3) is 5.91 Å². The fraction of sp³-hybridized carbons (Fsp3) is 0.348. The van der Waals surface area contributed by atoms with Crippen molar-refractivity contribution in [2.75, 3.05) is 26.2 Å². The molecule has 0 saturated heterocycles. The van der Waals surface area contributed by atoms with E-state index < -0.39 is 46.5 Å². The number of anilines is 1. The summed E-state index contributed by atoms with van der Waals surface area (Å²) in [6.07, 6.45) is 0.0359. The van der Waals surface area contributed by atoms with E-state index >= 15 is 0 Å². The molecule has 0 bridgehead atoms. The maximum Gasteiger partial charge on any atom is 0.421 e. The van der Waals surface area contributed by atoms with Crippen LogP contribution in [0.5, 0.6) is 0 Å². The van der Waals surface area contributed by atoms with Gasteiger partial charge in [-0.25, -0.2) is 24.1 Å². The molecular formula is C23H23NO9. The highest BCUT2D eigenvalue weighted by Crippen LogP contribution is 2.55. The Morgan fingerprint density at radius 3 is 2.00 bits per heavy atom. The summed E-state index contributed by atoms with van der Waals surface area (Å²) in [5.74, 6) is -4.01. The molecule has 1 atom stereocenters. The summed E-state index contributed by atoms with van der Waals surface area (Å²) in [6, 6.07) is 6.07. The Bertz CT molecular complexity index is 1140. The Morgan fingerprint density at radius 1 is 0.879 bits per heavy atom. The third-order valence-electron chi connectivity index (χ3n) is 5.19. The number of methoxy groups -OCH3 is 3. The number of benzene rings is 1. The molecule has 0 fully saturated rings. The lowest BCUT2D eigenvalue weighted by molar-refractivity contribution is -0.141. The second-order valence-electron chi connectivity index (χ2n) is 8.21. The highest BCUT2D eigenvalue weighted by atomic mass is 16.6. The van der Waals surface area contributed by atoms with E-state index in [0.717, 1.165) is 32.3 Å². The lowest BCUT2D eigenvalue weighted by Gasteiger charge is -2.29. The van der Waals surface area contributed by atoms with Crippen LogP contribution in [0.4, 0.5) is 10.5 Å². The normalized spacial score (nSPS) is 19.3. The number of hydrogen-bond acceptors (Lipinski definition) is 9. The van der Waals surface area contributed by atoms with E-state index in [4.69, 9.17) is 18.9 Å². The predicted octanol–water partition coefficient (Wildman–Crippen LogP) is 1.96. The number of hydrogen-bond donors (Lipinski definition) is 0. The minimum atomic E-state index is -2.18. The van der Waals surface area contributed by atoms with E-state index in [0.29, 0.717) is 0 Å². The molecule has 2 amide bonds. The molecule has 1 aromatic carbocycles. The highest BCUT2D eigenvalue weighted by Gasteiger charge is 2.65. The van der Waals surface area contributed by atoms with Crippen molar-refractivity contribution in [3.63, 3.8) is 0 Å². The minimum Gasteiger partial charge on any atom is -0.466 e. The summed E-state index contributed by atoms with van der Waals surface area (Å²) in [6.45, 7) is 4.87. The first kappa shape index (κ1) is 23.7. The van der Waals surface area contributed by atoms with Crippen LogP contribution in [0, 0.1) is 0 Å². The number of para-hydroxylation sites is 1. The molecular weight excluding hydrogens is 434 g/mol. The molecule has 33 heavy (non-hydrogen) atoms. The SMILES string of the molecule is COC(=O)C1=CC(C(=O)OC)=C(C(=O)OC)[C@]12C(=O)N(C(=O)OC(C)(C)C)c1ccccc12. The van der Waals surface area contributed by atoms with Crippen molar-refractivity contribution in [1.82, 2.24) is 0 Å². The quantitative estimate of drug-likeness (QED) is 0.494. The summed E-state index contributed by atoms with van der Waals surface area (Å²) < 4.78 is 19.9. The number of ether oxygens (including phenoxy) is 4. The second-order valence-corrected chi connectivity index (χ2v) is 8.21. The molecule has 0 saturated carbocycles. The minimum absolute atomic E-state index is 0.0825. The molecule has 1 spiro atoms. The van der Waals surface area contributed by atoms with E-state index in [1.165, 1.54) is 12.1 Å². The number of rotatable bonds is 3. The number of esters is 3. The maximum atomic E-state index is 14.0. The molecule has 3 rings (SSSR count). The van der Waals surface area contributed by atoms with Gasteiger partial charge in [-0.15, -0.1) is 0 Å². The predicted molar refractivity (Wildman–Crippen MR) is 113 cm³/mol. The zero-order valence-corrected chi connectivity index (χ0v) is 19.0. The molecule has 2 aliphatic rings. The molecule has 174 valence electrons. The third-order valence-corrected chi connectivity index (χ3v) is 5.19. The summed E-state index contributed by atoms with van der Waals surface area (Å²) in [5, 5.41) is 0. The van der Waals surface area contributed by atoms with Crippen LogP contribution < -0.4 is 4.90 Å². The average Bonchev–Trinajstić information content (AvgIpc) is 3.25.